The van der Waals surface area contributed by atoms with Gasteiger partial charge in [0.1, 0.15) is 6.61 Å². The van der Waals surface area contributed by atoms with Crippen molar-refractivity contribution in [3.63, 3.8) is 0 Å². The van der Waals surface area contributed by atoms with Crippen LogP contribution < -0.4 is 5.32 Å². The molecule has 1 aliphatic rings. The first-order valence-electron chi connectivity index (χ1n) is 12.1. The van der Waals surface area contributed by atoms with Gasteiger partial charge in [0.25, 0.3) is 0 Å². The number of carbonyl (C=O) groups excluding carboxylic acids is 1. The van der Waals surface area contributed by atoms with E-state index < -0.39 is 26.7 Å². The number of nitrogens with one attached hydrogen (secondary N) is 1. The molecular formula is C25H34F3N3O4S2. The zero-order valence-electron chi connectivity index (χ0n) is 21.2. The number of alkyl halides is 3. The lowest BCUT2D eigenvalue weighted by Gasteiger charge is -2.37. The van der Waals surface area contributed by atoms with Gasteiger partial charge in [-0.1, -0.05) is 12.1 Å². The second kappa shape index (κ2) is 12.7. The van der Waals surface area contributed by atoms with Crippen molar-refractivity contribution in [3.8, 4) is 0 Å². The average molecular weight is 562 g/mol. The van der Waals surface area contributed by atoms with Crippen LogP contribution in [-0.4, -0.2) is 70.5 Å². The van der Waals surface area contributed by atoms with E-state index in [2.05, 4.69) is 41.8 Å². The lowest BCUT2D eigenvalue weighted by molar-refractivity contribution is -0.137. The molecule has 1 unspecified atom stereocenters. The van der Waals surface area contributed by atoms with Crippen molar-refractivity contribution in [2.24, 2.45) is 5.92 Å². The molecule has 1 heterocycles. The number of ether oxygens (including phenoxy) is 1. The van der Waals surface area contributed by atoms with Crippen LogP contribution >= 0.6 is 11.3 Å². The molecule has 1 saturated carbocycles. The summed E-state index contributed by atoms with van der Waals surface area (Å²) in [4.78, 5) is 15.5. The fourth-order valence-corrected chi connectivity index (χ4v) is 6.92. The van der Waals surface area contributed by atoms with E-state index in [-0.39, 0.29) is 31.7 Å². The molecule has 0 bridgehead atoms. The minimum atomic E-state index is -4.64. The molecule has 1 atom stereocenters. The van der Waals surface area contributed by atoms with E-state index in [0.717, 1.165) is 48.2 Å². The molecule has 12 heteroatoms. The highest BCUT2D eigenvalue weighted by molar-refractivity contribution is 7.89. The molecular weight excluding hydrogens is 527 g/mol. The zero-order chi connectivity index (χ0) is 27.2. The summed E-state index contributed by atoms with van der Waals surface area (Å²) in [6.07, 6.45) is -0.873. The smallest absolute Gasteiger partial charge is 0.370 e. The number of sulfonamides is 1. The van der Waals surface area contributed by atoms with Gasteiger partial charge in [-0.25, -0.2) is 8.42 Å². The Morgan fingerprint density at radius 1 is 1.14 bits per heavy atom. The van der Waals surface area contributed by atoms with Gasteiger partial charge in [-0.15, -0.1) is 11.3 Å². The topological polar surface area (TPSA) is 79.0 Å². The van der Waals surface area contributed by atoms with Gasteiger partial charge in [0, 0.05) is 30.6 Å². The van der Waals surface area contributed by atoms with Crippen molar-refractivity contribution >= 4 is 27.3 Å². The number of nitrogens with zero attached hydrogens (tertiary/aromatic N) is 2. The van der Waals surface area contributed by atoms with Crippen LogP contribution in [0.5, 0.6) is 0 Å². The van der Waals surface area contributed by atoms with E-state index >= 15 is 0 Å². The maximum Gasteiger partial charge on any atom is 0.416 e. The molecule has 1 aliphatic carbocycles. The van der Waals surface area contributed by atoms with E-state index in [0.29, 0.717) is 18.0 Å². The largest absolute Gasteiger partial charge is 0.416 e. The Bertz CT molecular complexity index is 1120. The molecule has 7 nitrogen and oxygen atoms in total. The van der Waals surface area contributed by atoms with Crippen molar-refractivity contribution in [2.45, 2.75) is 48.8 Å². The number of benzene rings is 1. The second-order valence-electron chi connectivity index (χ2n) is 9.51. The summed E-state index contributed by atoms with van der Waals surface area (Å²) in [6.45, 7) is -0.390. The van der Waals surface area contributed by atoms with Crippen LogP contribution in [0.3, 0.4) is 0 Å². The van der Waals surface area contributed by atoms with Gasteiger partial charge >= 0.3 is 6.18 Å². The Labute approximate surface area is 220 Å². The van der Waals surface area contributed by atoms with Crippen LogP contribution in [-0.2, 0) is 25.7 Å². The Balaban J connectivity index is 1.40. The third kappa shape index (κ3) is 8.00. The second-order valence-corrected chi connectivity index (χ2v) is 12.5. The lowest BCUT2D eigenvalue weighted by atomic mass is 9.80. The monoisotopic (exact) mass is 561 g/mol. The standard InChI is InChI=1S/C25H34F3N3O4S2/c1-30(2)24(22-8-5-15-36-22)18-9-11-20(12-10-18)29-23(32)17-35-14-13-31(3)37(33,34)21-7-4-6-19(16-21)25(26,27)28/h4-8,15-16,18,20,24H,9-14,17H2,1-3H3,(H,29,32). The van der Waals surface area contributed by atoms with Gasteiger partial charge in [0.15, 0.2) is 0 Å². The van der Waals surface area contributed by atoms with E-state index in [1.165, 1.54) is 11.9 Å². The van der Waals surface area contributed by atoms with Gasteiger partial charge in [-0.3, -0.25) is 4.79 Å². The highest BCUT2D eigenvalue weighted by Crippen LogP contribution is 2.39. The number of thiophene rings is 1. The Morgan fingerprint density at radius 3 is 2.43 bits per heavy atom. The maximum atomic E-state index is 12.9. The van der Waals surface area contributed by atoms with Gasteiger partial charge < -0.3 is 15.0 Å². The SMILES string of the molecule is CN(C)C(c1cccs1)C1CCC(NC(=O)COCCN(C)S(=O)(=O)c2cccc(C(F)(F)F)c2)CC1. The Hall–Kier alpha value is -1.99. The maximum absolute atomic E-state index is 12.9. The van der Waals surface area contributed by atoms with Gasteiger partial charge in [-0.2, -0.15) is 17.5 Å². The minimum absolute atomic E-state index is 0.0693. The highest BCUT2D eigenvalue weighted by atomic mass is 32.2. The molecule has 0 saturated heterocycles. The molecule has 1 fully saturated rings. The summed E-state index contributed by atoms with van der Waals surface area (Å²) in [7, 11) is 1.32. The van der Waals surface area contributed by atoms with Crippen LogP contribution in [0.2, 0.25) is 0 Å². The summed E-state index contributed by atoms with van der Waals surface area (Å²) in [5.74, 6) is 0.251. The average Bonchev–Trinajstić information content (AvgIpc) is 3.36. The van der Waals surface area contributed by atoms with Crippen molar-refractivity contribution in [1.29, 1.82) is 0 Å². The minimum Gasteiger partial charge on any atom is -0.370 e. The Morgan fingerprint density at radius 2 is 1.84 bits per heavy atom. The predicted octanol–water partition coefficient (Wildman–Crippen LogP) is 4.38. The predicted molar refractivity (Wildman–Crippen MR) is 137 cm³/mol. The number of carbonyl (C=O) groups is 1. The summed E-state index contributed by atoms with van der Waals surface area (Å²) in [5.41, 5.74) is -1.03. The van der Waals surface area contributed by atoms with E-state index in [4.69, 9.17) is 4.74 Å². The van der Waals surface area contributed by atoms with Crippen LogP contribution in [0.1, 0.15) is 42.2 Å². The fraction of sp³-hybridized carbons (Fsp3) is 0.560. The van der Waals surface area contributed by atoms with Crippen molar-refractivity contribution in [1.82, 2.24) is 14.5 Å². The third-order valence-corrected chi connectivity index (χ3v) is 9.42. The van der Waals surface area contributed by atoms with Crippen molar-refractivity contribution in [3.05, 3.63) is 52.2 Å². The summed E-state index contributed by atoms with van der Waals surface area (Å²) >= 11 is 1.77. The molecule has 2 aromatic rings. The number of hydrogen-bond donors (Lipinski definition) is 1. The summed E-state index contributed by atoms with van der Waals surface area (Å²) < 4.78 is 70.3. The van der Waals surface area contributed by atoms with Crippen molar-refractivity contribution < 1.29 is 31.1 Å². The molecule has 3 rings (SSSR count). The number of likely N-dealkylation sites (N-methyl/N-ethyl adjacent to an activating group) is 1. The number of hydrogen-bond acceptors (Lipinski definition) is 6. The summed E-state index contributed by atoms with van der Waals surface area (Å²) in [6, 6.07) is 8.27. The molecule has 1 N–H and O–H groups in total. The van der Waals surface area contributed by atoms with E-state index in [9.17, 15) is 26.4 Å². The zero-order valence-corrected chi connectivity index (χ0v) is 22.8. The van der Waals surface area contributed by atoms with Crippen LogP contribution in [0.15, 0.2) is 46.7 Å². The van der Waals surface area contributed by atoms with Gasteiger partial charge in [0.2, 0.25) is 15.9 Å². The highest BCUT2D eigenvalue weighted by Gasteiger charge is 2.33. The molecule has 0 spiro atoms. The van der Waals surface area contributed by atoms with Crippen LogP contribution in [0.4, 0.5) is 13.2 Å². The van der Waals surface area contributed by atoms with Crippen LogP contribution in [0.25, 0.3) is 0 Å². The van der Waals surface area contributed by atoms with E-state index in [1.54, 1.807) is 11.3 Å². The quantitative estimate of drug-likeness (QED) is 0.412. The fourth-order valence-electron chi connectivity index (χ4n) is 4.71. The molecule has 0 radical (unpaired) electrons. The molecule has 0 aliphatic heterocycles. The molecule has 1 amide bonds. The van der Waals surface area contributed by atoms with E-state index in [1.807, 2.05) is 0 Å². The van der Waals surface area contributed by atoms with Crippen molar-refractivity contribution in [2.75, 3.05) is 40.9 Å². The Kier molecular flexibility index (Phi) is 10.2. The first-order valence-corrected chi connectivity index (χ1v) is 14.4. The number of rotatable bonds is 11. The first-order chi connectivity index (χ1) is 17.4. The molecule has 37 heavy (non-hydrogen) atoms. The lowest BCUT2D eigenvalue weighted by Crippen LogP contribution is -2.41. The number of halogens is 3. The first kappa shape index (κ1) is 29.6. The molecule has 206 valence electrons. The number of amides is 1. The van der Waals surface area contributed by atoms with Gasteiger partial charge in [0.05, 0.1) is 17.1 Å². The van der Waals surface area contributed by atoms with Gasteiger partial charge in [-0.05, 0) is 75.3 Å². The van der Waals surface area contributed by atoms with Crippen LogP contribution in [0, 0.1) is 5.92 Å². The molecule has 1 aromatic carbocycles. The summed E-state index contributed by atoms with van der Waals surface area (Å²) in [5, 5.41) is 5.09. The third-order valence-electron chi connectivity index (χ3n) is 6.63. The normalized spacial score (nSPS) is 19.8. The molecule has 1 aromatic heterocycles.